The monoisotopic (exact) mass is 704 g/mol. The van der Waals surface area contributed by atoms with E-state index in [0.717, 1.165) is 42.6 Å². The van der Waals surface area contributed by atoms with Crippen molar-refractivity contribution < 1.29 is 33.5 Å². The quantitative estimate of drug-likeness (QED) is 0.0661. The number of benzene rings is 1. The van der Waals surface area contributed by atoms with Gasteiger partial charge in [0, 0.05) is 25.6 Å². The minimum Gasteiger partial charge on any atom is -0.460 e. The molecule has 0 aromatic heterocycles. The van der Waals surface area contributed by atoms with Crippen LogP contribution in [-0.2, 0) is 23.8 Å². The number of carbonyl (C=O) groups excluding carboxylic acids is 3. The van der Waals surface area contributed by atoms with Gasteiger partial charge in [-0.25, -0.2) is 4.79 Å². The number of esters is 1. The molecule has 3 aliphatic rings. The van der Waals surface area contributed by atoms with Gasteiger partial charge in [0.2, 0.25) is 0 Å². The van der Waals surface area contributed by atoms with Crippen molar-refractivity contribution in [2.24, 2.45) is 16.4 Å². The summed E-state index contributed by atoms with van der Waals surface area (Å²) >= 11 is 0. The van der Waals surface area contributed by atoms with Crippen LogP contribution < -0.4 is 4.90 Å². The zero-order valence-corrected chi connectivity index (χ0v) is 30.9. The number of hydrazone groups is 1. The van der Waals surface area contributed by atoms with Gasteiger partial charge < -0.3 is 14.2 Å². The van der Waals surface area contributed by atoms with Crippen LogP contribution in [0.4, 0.5) is 16.2 Å². The van der Waals surface area contributed by atoms with E-state index in [1.165, 1.54) is 25.2 Å². The first-order valence-electron chi connectivity index (χ1n) is 17.8. The Hall–Kier alpha value is -4.58. The van der Waals surface area contributed by atoms with Crippen LogP contribution in [0.2, 0.25) is 0 Å². The minimum atomic E-state index is -1.67. The molecular formula is C39H52N4O8. The topological polar surface area (TPSA) is 141 Å². The molecule has 1 amide bonds. The first kappa shape index (κ1) is 39.2. The maximum absolute atomic E-state index is 14.8. The molecule has 4 unspecified atom stereocenters. The summed E-state index contributed by atoms with van der Waals surface area (Å²) in [5.74, 6) is -3.49. The predicted octanol–water partition coefficient (Wildman–Crippen LogP) is 7.80. The smallest absolute Gasteiger partial charge is 0.414 e. The number of hydrogen-bond donors (Lipinski definition) is 0. The predicted molar refractivity (Wildman–Crippen MR) is 196 cm³/mol. The van der Waals surface area contributed by atoms with E-state index < -0.39 is 34.4 Å². The fraction of sp³-hybridized carbons (Fsp3) is 0.538. The molecule has 1 saturated carbocycles. The Bertz CT molecular complexity index is 1620. The molecule has 4 atom stereocenters. The molecule has 12 nitrogen and oxygen atoms in total. The second kappa shape index (κ2) is 17.6. The van der Waals surface area contributed by atoms with Gasteiger partial charge >= 0.3 is 12.1 Å². The van der Waals surface area contributed by atoms with Gasteiger partial charge in [-0.05, 0) is 94.9 Å². The first-order valence-corrected chi connectivity index (χ1v) is 17.8. The molecule has 4 rings (SSSR count). The molecule has 276 valence electrons. The summed E-state index contributed by atoms with van der Waals surface area (Å²) in [6.45, 7) is 12.2. The molecule has 0 bridgehead atoms. The molecular weight excluding hydrogens is 652 g/mol. The molecule has 0 radical (unpaired) electrons. The summed E-state index contributed by atoms with van der Waals surface area (Å²) in [6.07, 6.45) is 14.8. The van der Waals surface area contributed by atoms with Gasteiger partial charge in [0.25, 0.3) is 5.69 Å². The van der Waals surface area contributed by atoms with E-state index in [1.807, 2.05) is 44.0 Å². The summed E-state index contributed by atoms with van der Waals surface area (Å²) < 4.78 is 17.2. The van der Waals surface area contributed by atoms with Crippen molar-refractivity contribution in [3.05, 3.63) is 81.5 Å². The van der Waals surface area contributed by atoms with E-state index in [9.17, 15) is 24.5 Å². The van der Waals surface area contributed by atoms with Crippen molar-refractivity contribution in [3.8, 4) is 0 Å². The lowest BCUT2D eigenvalue weighted by Gasteiger charge is -2.43. The van der Waals surface area contributed by atoms with E-state index in [2.05, 4.69) is 13.8 Å². The van der Waals surface area contributed by atoms with Gasteiger partial charge in [-0.2, -0.15) is 5.10 Å². The maximum atomic E-state index is 14.8. The van der Waals surface area contributed by atoms with E-state index in [1.54, 1.807) is 25.2 Å². The maximum Gasteiger partial charge on any atom is 0.414 e. The van der Waals surface area contributed by atoms with E-state index in [4.69, 9.17) is 19.3 Å². The largest absolute Gasteiger partial charge is 0.460 e. The fourth-order valence-corrected chi connectivity index (χ4v) is 6.89. The van der Waals surface area contributed by atoms with E-state index in [0.29, 0.717) is 18.6 Å². The van der Waals surface area contributed by atoms with Crippen LogP contribution in [0.15, 0.2) is 70.9 Å². The van der Waals surface area contributed by atoms with Gasteiger partial charge in [0.15, 0.2) is 11.7 Å². The summed E-state index contributed by atoms with van der Waals surface area (Å²) in [6, 6.07) is 3.88. The lowest BCUT2D eigenvalue weighted by molar-refractivity contribution is -0.385. The Labute approximate surface area is 301 Å². The number of allylic oxidation sites excluding steroid dienone is 5. The van der Waals surface area contributed by atoms with Crippen LogP contribution in [0.25, 0.3) is 0 Å². The molecule has 2 aliphatic heterocycles. The summed E-state index contributed by atoms with van der Waals surface area (Å²) in [4.78, 5) is 54.8. The molecule has 1 saturated heterocycles. The van der Waals surface area contributed by atoms with Gasteiger partial charge in [-0.3, -0.25) is 29.6 Å². The average molecular weight is 705 g/mol. The number of rotatable bonds is 13. The summed E-state index contributed by atoms with van der Waals surface area (Å²) in [5.41, 5.74) is 1.25. The van der Waals surface area contributed by atoms with Crippen LogP contribution in [-0.4, -0.2) is 72.6 Å². The molecule has 2 heterocycles. The van der Waals surface area contributed by atoms with Crippen LogP contribution in [0.1, 0.15) is 91.5 Å². The van der Waals surface area contributed by atoms with Crippen molar-refractivity contribution in [1.82, 2.24) is 5.01 Å². The van der Waals surface area contributed by atoms with Crippen molar-refractivity contribution in [2.75, 3.05) is 31.8 Å². The molecule has 1 aromatic carbocycles. The number of nitrogens with zero attached hydrogens (tertiary/aromatic N) is 4. The SMILES string of the molecule is C/C=C\C=C(/C)COC(=O)N(C)c1ccc(C(C(=O)OCC(/C=C\C)=C/C)C(=O)C2=NN(C3CCCCO3)C3CC(C)(C)CCC23)c([N+](=O)[O-])c1. The van der Waals surface area contributed by atoms with Crippen molar-refractivity contribution in [3.63, 3.8) is 0 Å². The third-order valence-corrected chi connectivity index (χ3v) is 9.79. The Morgan fingerprint density at radius 3 is 2.55 bits per heavy atom. The second-order valence-corrected chi connectivity index (χ2v) is 14.2. The summed E-state index contributed by atoms with van der Waals surface area (Å²) in [7, 11) is 1.43. The highest BCUT2D eigenvalue weighted by Gasteiger charge is 2.51. The minimum absolute atomic E-state index is 0.0133. The third-order valence-electron chi connectivity index (χ3n) is 9.79. The van der Waals surface area contributed by atoms with Crippen LogP contribution in [0.3, 0.4) is 0 Å². The number of nitro benzene ring substituents is 1. The molecule has 51 heavy (non-hydrogen) atoms. The number of ketones is 1. The van der Waals surface area contributed by atoms with E-state index >= 15 is 0 Å². The Balaban J connectivity index is 1.74. The number of fused-ring (bicyclic) bond motifs is 1. The summed E-state index contributed by atoms with van der Waals surface area (Å²) in [5, 5.41) is 19.4. The Morgan fingerprint density at radius 1 is 1.14 bits per heavy atom. The molecule has 12 heteroatoms. The number of Topliss-reactive ketones (excluding diaryl/α,β-unsaturated/α-hetero) is 1. The highest BCUT2D eigenvalue weighted by Crippen LogP contribution is 2.46. The average Bonchev–Trinajstić information content (AvgIpc) is 3.49. The number of carbonyl (C=O) groups is 3. The van der Waals surface area contributed by atoms with Crippen LogP contribution in [0, 0.1) is 21.4 Å². The molecule has 0 spiro atoms. The normalized spacial score (nSPS) is 22.8. The van der Waals surface area contributed by atoms with Crippen molar-refractivity contribution in [1.29, 1.82) is 0 Å². The zero-order valence-electron chi connectivity index (χ0n) is 30.9. The molecule has 2 fully saturated rings. The molecule has 1 aliphatic carbocycles. The van der Waals surface area contributed by atoms with Crippen LogP contribution >= 0.6 is 0 Å². The number of nitro groups is 1. The molecule has 0 N–H and O–H groups in total. The third kappa shape index (κ3) is 9.61. The van der Waals surface area contributed by atoms with Gasteiger partial charge in [-0.15, -0.1) is 0 Å². The number of ether oxygens (including phenoxy) is 3. The number of anilines is 1. The highest BCUT2D eigenvalue weighted by atomic mass is 16.6. The number of hydrogen-bond acceptors (Lipinski definition) is 10. The lowest BCUT2D eigenvalue weighted by atomic mass is 9.68. The standard InChI is InChI=1S/C39H52N4O8/c1-8-11-15-26(4)24-51-38(46)41(7)28-17-18-29(31(22-28)43(47)48)34(37(45)50-25-27(10-3)14-9-2)36(44)35-30-19-20-39(5,6)23-32(30)42(40-35)33-16-12-13-21-49-33/h8-11,14-15,17-18,22,30,32-34H,12-13,16,19-21,23-25H2,1-7H3/b11-8-,14-9-,26-15+,27-10+. The Kier molecular flexibility index (Phi) is 13.5. The molecule has 1 aromatic rings. The first-order chi connectivity index (χ1) is 24.3. The number of amides is 1. The van der Waals surface area contributed by atoms with Gasteiger partial charge in [-0.1, -0.05) is 50.3 Å². The highest BCUT2D eigenvalue weighted by molar-refractivity contribution is 6.46. The van der Waals surface area contributed by atoms with Crippen molar-refractivity contribution >= 4 is 34.9 Å². The van der Waals surface area contributed by atoms with Crippen molar-refractivity contribution in [2.45, 2.75) is 98.3 Å². The fourth-order valence-electron chi connectivity index (χ4n) is 6.89. The second-order valence-electron chi connectivity index (χ2n) is 14.2. The zero-order chi connectivity index (χ0) is 37.3. The van der Waals surface area contributed by atoms with Gasteiger partial charge in [0.05, 0.1) is 22.2 Å². The van der Waals surface area contributed by atoms with Crippen LogP contribution in [0.5, 0.6) is 0 Å². The van der Waals surface area contributed by atoms with E-state index in [-0.39, 0.29) is 53.8 Å². The lowest BCUT2D eigenvalue weighted by Crippen LogP contribution is -2.47. The van der Waals surface area contributed by atoms with Gasteiger partial charge in [0.1, 0.15) is 25.2 Å². The Morgan fingerprint density at radius 2 is 1.90 bits per heavy atom.